The first-order valence-electron chi connectivity index (χ1n) is 12.6. The van der Waals surface area contributed by atoms with Gasteiger partial charge in [-0.3, -0.25) is 5.01 Å². The van der Waals surface area contributed by atoms with Crippen molar-refractivity contribution in [2.75, 3.05) is 6.61 Å². The number of halogens is 3. The second-order valence-corrected chi connectivity index (χ2v) is 9.23. The maximum absolute atomic E-state index is 13.7. The first-order chi connectivity index (χ1) is 19.0. The molecule has 4 N–H and O–H groups in total. The number of carbonyl (C=O) groups is 1. The van der Waals surface area contributed by atoms with Crippen LogP contribution in [-0.2, 0) is 22.1 Å². The Hall–Kier alpha value is -4.57. The van der Waals surface area contributed by atoms with E-state index < -0.39 is 17.8 Å². The molecule has 0 radical (unpaired) electrons. The van der Waals surface area contributed by atoms with Gasteiger partial charge in [0.2, 0.25) is 0 Å². The maximum atomic E-state index is 13.7. The number of carbonyl (C=O) groups excluding carboxylic acids is 1. The summed E-state index contributed by atoms with van der Waals surface area (Å²) in [4.78, 5) is 11.7. The maximum Gasteiger partial charge on any atom is 0.435 e. The van der Waals surface area contributed by atoms with Gasteiger partial charge in [-0.15, -0.1) is 0 Å². The number of rotatable bonds is 9. The fourth-order valence-corrected chi connectivity index (χ4v) is 4.36. The van der Waals surface area contributed by atoms with Crippen LogP contribution in [0.25, 0.3) is 28.1 Å². The number of hydrazine groups is 1. The third-order valence-electron chi connectivity index (χ3n) is 6.48. The topological polar surface area (TPSA) is 99.4 Å². The molecule has 40 heavy (non-hydrogen) atoms. The van der Waals surface area contributed by atoms with Crippen LogP contribution in [0.1, 0.15) is 42.3 Å². The molecule has 1 aromatic heterocycles. The summed E-state index contributed by atoms with van der Waals surface area (Å²) in [5.41, 5.74) is 8.07. The lowest BCUT2D eigenvalue weighted by Crippen LogP contribution is -2.27. The highest BCUT2D eigenvalue weighted by Crippen LogP contribution is 2.35. The number of fused-ring (bicyclic) bond motifs is 3. The molecule has 1 aliphatic carbocycles. The van der Waals surface area contributed by atoms with Crippen LogP contribution >= 0.6 is 0 Å². The first kappa shape index (κ1) is 28.4. The molecule has 0 spiro atoms. The summed E-state index contributed by atoms with van der Waals surface area (Å²) >= 11 is 0. The number of esters is 1. The van der Waals surface area contributed by atoms with Crippen LogP contribution in [0.3, 0.4) is 0 Å². The molecule has 0 saturated carbocycles. The normalized spacial score (nSPS) is 13.4. The zero-order valence-corrected chi connectivity index (χ0v) is 22.0. The van der Waals surface area contributed by atoms with E-state index in [1.807, 2.05) is 54.6 Å². The molecule has 1 heterocycles. The van der Waals surface area contributed by atoms with Crippen molar-refractivity contribution in [3.8, 4) is 0 Å². The van der Waals surface area contributed by atoms with Crippen LogP contribution in [0, 0.1) is 0 Å². The number of nitrogens with two attached hydrogens (primary N) is 2. The van der Waals surface area contributed by atoms with Crippen LogP contribution in [0.5, 0.6) is 0 Å². The van der Waals surface area contributed by atoms with Crippen LogP contribution < -0.4 is 11.6 Å². The summed E-state index contributed by atoms with van der Waals surface area (Å²) in [7, 11) is 0. The van der Waals surface area contributed by atoms with Gasteiger partial charge in [-0.25, -0.2) is 15.3 Å². The number of allylic oxidation sites excluding steroid dienone is 5. The number of benzene rings is 2. The Morgan fingerprint density at radius 2 is 1.93 bits per heavy atom. The second kappa shape index (κ2) is 11.7. The van der Waals surface area contributed by atoms with E-state index in [-0.39, 0.29) is 30.8 Å². The second-order valence-electron chi connectivity index (χ2n) is 9.23. The van der Waals surface area contributed by atoms with Gasteiger partial charge < -0.3 is 10.5 Å². The van der Waals surface area contributed by atoms with Crippen LogP contribution in [0.2, 0.25) is 0 Å². The molecule has 4 rings (SSSR count). The Labute approximate surface area is 230 Å². The third-order valence-corrected chi connectivity index (χ3v) is 6.48. The molecular formula is C30H30F3N5O2. The molecule has 0 amide bonds. The number of alkyl halides is 3. The van der Waals surface area contributed by atoms with Crippen molar-refractivity contribution in [2.24, 2.45) is 11.6 Å². The Kier molecular flexibility index (Phi) is 8.29. The number of nitrogens with zero attached hydrogens (tertiary/aromatic N) is 3. The van der Waals surface area contributed by atoms with Gasteiger partial charge in [-0.2, -0.15) is 18.3 Å². The molecule has 0 bridgehead atoms. The van der Waals surface area contributed by atoms with Crippen molar-refractivity contribution in [1.82, 2.24) is 14.8 Å². The fourth-order valence-electron chi connectivity index (χ4n) is 4.36. The van der Waals surface area contributed by atoms with Gasteiger partial charge in [-0.05, 0) is 59.7 Å². The Morgan fingerprint density at radius 1 is 1.18 bits per heavy atom. The molecule has 0 fully saturated rings. The highest BCUT2D eigenvalue weighted by Gasteiger charge is 2.35. The molecule has 208 valence electrons. The summed E-state index contributed by atoms with van der Waals surface area (Å²) in [6.45, 7) is 9.66. The molecule has 0 unspecified atom stereocenters. The monoisotopic (exact) mass is 549 g/mol. The Morgan fingerprint density at radius 3 is 2.65 bits per heavy atom. The molecule has 0 atom stereocenters. The molecule has 3 aromatic rings. The molecule has 1 aliphatic rings. The third kappa shape index (κ3) is 6.18. The van der Waals surface area contributed by atoms with Crippen molar-refractivity contribution in [3.05, 3.63) is 108 Å². The van der Waals surface area contributed by atoms with E-state index in [1.54, 1.807) is 6.92 Å². The molecule has 0 saturated heterocycles. The minimum atomic E-state index is -4.64. The van der Waals surface area contributed by atoms with E-state index in [0.717, 1.165) is 33.0 Å². The average molecular weight is 550 g/mol. The minimum absolute atomic E-state index is 0.152. The van der Waals surface area contributed by atoms with Crippen molar-refractivity contribution in [2.45, 2.75) is 32.4 Å². The highest BCUT2D eigenvalue weighted by atomic mass is 19.4. The Bertz CT molecular complexity index is 1560. The van der Waals surface area contributed by atoms with E-state index >= 15 is 0 Å². The largest absolute Gasteiger partial charge is 0.461 e. The van der Waals surface area contributed by atoms with Crippen LogP contribution in [-0.4, -0.2) is 27.4 Å². The lowest BCUT2D eigenvalue weighted by Gasteiger charge is -2.18. The number of hydrogen-bond donors (Lipinski definition) is 2. The lowest BCUT2D eigenvalue weighted by molar-refractivity contribution is -0.141. The van der Waals surface area contributed by atoms with Crippen molar-refractivity contribution in [1.29, 1.82) is 0 Å². The molecular weight excluding hydrogens is 519 g/mol. The number of ether oxygens (including phenoxy) is 1. The average Bonchev–Trinajstić information content (AvgIpc) is 3.27. The summed E-state index contributed by atoms with van der Waals surface area (Å²) in [6, 6.07) is 13.1. The molecule has 2 aromatic carbocycles. The zero-order chi connectivity index (χ0) is 29.0. The number of hydrogen-bond acceptors (Lipinski definition) is 6. The predicted molar refractivity (Wildman–Crippen MR) is 151 cm³/mol. The van der Waals surface area contributed by atoms with Gasteiger partial charge in [-0.1, -0.05) is 67.8 Å². The fraction of sp³-hybridized carbons (Fsp3) is 0.200. The van der Waals surface area contributed by atoms with Gasteiger partial charge in [0.25, 0.3) is 0 Å². The van der Waals surface area contributed by atoms with E-state index in [2.05, 4.69) is 18.3 Å². The van der Waals surface area contributed by atoms with Gasteiger partial charge >= 0.3 is 12.1 Å². The summed E-state index contributed by atoms with van der Waals surface area (Å²) in [5, 5.41) is 7.08. The van der Waals surface area contributed by atoms with E-state index in [1.165, 1.54) is 10.9 Å². The van der Waals surface area contributed by atoms with Gasteiger partial charge in [0.15, 0.2) is 5.69 Å². The van der Waals surface area contributed by atoms with Gasteiger partial charge in [0.1, 0.15) is 5.70 Å². The van der Waals surface area contributed by atoms with E-state index in [4.69, 9.17) is 16.3 Å². The predicted octanol–water partition coefficient (Wildman–Crippen LogP) is 6.01. The summed E-state index contributed by atoms with van der Waals surface area (Å²) in [5.74, 6) is 5.21. The molecule has 7 nitrogen and oxygen atoms in total. The van der Waals surface area contributed by atoms with Crippen LogP contribution in [0.4, 0.5) is 13.2 Å². The van der Waals surface area contributed by atoms with E-state index in [9.17, 15) is 18.0 Å². The molecule has 0 aliphatic heterocycles. The van der Waals surface area contributed by atoms with Crippen LogP contribution in [0.15, 0.2) is 85.4 Å². The van der Waals surface area contributed by atoms with E-state index in [0.29, 0.717) is 23.4 Å². The Balaban J connectivity index is 1.58. The summed E-state index contributed by atoms with van der Waals surface area (Å²) < 4.78 is 47.2. The SMILES string of the molecule is C=C(CCC(=C)n1nc(C(F)(F)F)cc1C1=CCc2ccc3ccccc3c2C=C1)N(N)/C=C(\N)C(=O)OCC. The lowest BCUT2D eigenvalue weighted by atomic mass is 9.97. The smallest absolute Gasteiger partial charge is 0.435 e. The van der Waals surface area contributed by atoms with Crippen molar-refractivity contribution >= 4 is 34.1 Å². The van der Waals surface area contributed by atoms with Gasteiger partial charge in [0.05, 0.1) is 18.5 Å². The highest BCUT2D eigenvalue weighted by molar-refractivity contribution is 5.94. The molecule has 10 heteroatoms. The van der Waals surface area contributed by atoms with Gasteiger partial charge in [0, 0.05) is 11.4 Å². The standard InChI is InChI=1S/C30H30F3N5O2/c1-4-40-29(39)26(34)18-37(35)19(2)9-10-20(3)38-27(17-28(36-38)30(31,32)33)23-14-13-22-12-11-21-7-5-6-8-24(21)25(22)16-15-23/h5-8,11-12,14-18H,2-4,9-10,13,34-35H2,1H3/b26-18-. The minimum Gasteiger partial charge on any atom is -0.461 e. The van der Waals surface area contributed by atoms with Crippen molar-refractivity contribution < 1.29 is 22.7 Å². The quantitative estimate of drug-likeness (QED) is 0.147. The first-order valence-corrected chi connectivity index (χ1v) is 12.6. The zero-order valence-electron chi connectivity index (χ0n) is 22.0. The summed E-state index contributed by atoms with van der Waals surface area (Å²) in [6.07, 6.45) is 3.11. The van der Waals surface area contributed by atoms with Crippen molar-refractivity contribution in [3.63, 3.8) is 0 Å². The number of aromatic nitrogens is 2.